The monoisotopic (exact) mass is 1110 g/mol. The molecule has 0 aromatic rings. The van der Waals surface area contributed by atoms with E-state index in [9.17, 15) is 75.7 Å². The maximum absolute atomic E-state index is 13.4. The normalized spacial score (nSPS) is 50.2. The minimum Gasteiger partial charge on any atom is -0.479 e. The Morgan fingerprint density at radius 3 is 1.77 bits per heavy atom. The Bertz CT molecular complexity index is 2260. The Morgan fingerprint density at radius 1 is 0.654 bits per heavy atom. The van der Waals surface area contributed by atoms with Crippen molar-refractivity contribution < 1.29 is 114 Å². The lowest BCUT2D eigenvalue weighted by Gasteiger charge is -2.72. The molecule has 444 valence electrons. The number of carboxylic acids is 1. The lowest BCUT2D eigenvalue weighted by atomic mass is 9.33. The number of carbonyl (C=O) groups is 3. The molecule has 0 amide bonds. The summed E-state index contributed by atoms with van der Waals surface area (Å²) in [5.74, 6) is -3.20. The zero-order valence-corrected chi connectivity index (χ0v) is 46.1. The number of fused-ring (bicyclic) bond motifs is 7. The molecule has 26 atom stereocenters. The van der Waals surface area contributed by atoms with Crippen LogP contribution in [0.1, 0.15) is 114 Å². The Hall–Kier alpha value is -2.79. The fourth-order valence-electron chi connectivity index (χ4n) is 16.1. The van der Waals surface area contributed by atoms with Crippen molar-refractivity contribution in [2.75, 3.05) is 26.4 Å². The smallest absolute Gasteiger partial charge is 0.335 e. The molecule has 8 rings (SSSR count). The van der Waals surface area contributed by atoms with Crippen LogP contribution in [0, 0.1) is 50.2 Å². The van der Waals surface area contributed by atoms with Gasteiger partial charge in [-0.25, -0.2) is 9.59 Å². The van der Waals surface area contributed by atoms with Gasteiger partial charge in [0.2, 0.25) is 0 Å². The lowest BCUT2D eigenvalue weighted by Crippen LogP contribution is -2.70. The fraction of sp³-hybridized carbons (Fsp3) is 0.873. The number of hydrogen-bond donors (Lipinski definition) is 12. The number of esters is 2. The highest BCUT2D eigenvalue weighted by Gasteiger charge is 2.72. The molecule has 7 fully saturated rings. The van der Waals surface area contributed by atoms with Crippen LogP contribution >= 0.6 is 0 Å². The molecule has 0 aromatic carbocycles. The number of carbonyl (C=O) groups excluding carboxylic acids is 2. The molecular weight excluding hydrogens is 1030 g/mol. The van der Waals surface area contributed by atoms with Crippen molar-refractivity contribution >= 4 is 17.9 Å². The molecule has 4 saturated carbocycles. The molecular formula is C55H86O23. The highest BCUT2D eigenvalue weighted by Crippen LogP contribution is 2.76. The van der Waals surface area contributed by atoms with Gasteiger partial charge >= 0.3 is 17.9 Å². The van der Waals surface area contributed by atoms with Crippen LogP contribution < -0.4 is 0 Å². The number of aliphatic hydroxyl groups excluding tert-OH is 11. The van der Waals surface area contributed by atoms with Crippen LogP contribution in [-0.2, 0) is 52.3 Å². The zero-order chi connectivity index (χ0) is 57.6. The summed E-state index contributed by atoms with van der Waals surface area (Å²) < 4.78 is 48.4. The van der Waals surface area contributed by atoms with E-state index in [0.717, 1.165) is 0 Å². The van der Waals surface area contributed by atoms with E-state index in [-0.39, 0.29) is 36.2 Å². The summed E-state index contributed by atoms with van der Waals surface area (Å²) in [4.78, 5) is 39.5. The molecule has 0 aromatic heterocycles. The summed E-state index contributed by atoms with van der Waals surface area (Å²) in [6.07, 6.45) is -22.8. The third-order valence-electron chi connectivity index (χ3n) is 21.0. The average molecular weight is 1120 g/mol. The Morgan fingerprint density at radius 2 is 1.24 bits per heavy atom. The van der Waals surface area contributed by atoms with Gasteiger partial charge < -0.3 is 99.2 Å². The second kappa shape index (κ2) is 22.4. The average Bonchev–Trinajstić information content (AvgIpc) is 2.19. The largest absolute Gasteiger partial charge is 0.479 e. The fourth-order valence-corrected chi connectivity index (χ4v) is 16.1. The number of allylic oxidation sites excluding steroid dienone is 3. The van der Waals surface area contributed by atoms with Gasteiger partial charge in [0.1, 0.15) is 79.4 Å². The first-order valence-corrected chi connectivity index (χ1v) is 27.6. The maximum atomic E-state index is 13.4. The minimum atomic E-state index is -2.15. The second-order valence-electron chi connectivity index (χ2n) is 25.4. The maximum Gasteiger partial charge on any atom is 0.335 e. The number of carboxylic acid groups (broad SMARTS) is 1. The molecule has 12 N–H and O–H groups in total. The first-order valence-electron chi connectivity index (χ1n) is 27.6. The van der Waals surface area contributed by atoms with Gasteiger partial charge in [0.25, 0.3) is 0 Å². The van der Waals surface area contributed by atoms with Crippen LogP contribution in [0.5, 0.6) is 0 Å². The van der Waals surface area contributed by atoms with E-state index >= 15 is 0 Å². The minimum absolute atomic E-state index is 0.0380. The summed E-state index contributed by atoms with van der Waals surface area (Å²) in [6, 6.07) is 0. The van der Waals surface area contributed by atoms with E-state index in [1.54, 1.807) is 19.9 Å². The lowest BCUT2D eigenvalue weighted by molar-refractivity contribution is -0.391. The molecule has 3 heterocycles. The Balaban J connectivity index is 1.10. The number of rotatable bonds is 14. The molecule has 3 saturated heterocycles. The molecule has 3 aliphatic heterocycles. The van der Waals surface area contributed by atoms with Gasteiger partial charge in [0.15, 0.2) is 25.0 Å². The van der Waals surface area contributed by atoms with E-state index in [4.69, 9.17) is 37.9 Å². The van der Waals surface area contributed by atoms with Crippen LogP contribution in [0.25, 0.3) is 0 Å². The molecule has 5 aliphatic carbocycles. The number of hydrogen-bond acceptors (Lipinski definition) is 22. The molecule has 78 heavy (non-hydrogen) atoms. The van der Waals surface area contributed by atoms with E-state index in [0.29, 0.717) is 50.5 Å². The Labute approximate surface area is 454 Å². The van der Waals surface area contributed by atoms with Gasteiger partial charge in [0, 0.05) is 28.7 Å². The van der Waals surface area contributed by atoms with Gasteiger partial charge in [0.05, 0.1) is 32.5 Å². The SMILES string of the molecule is C/C=C(\C)C(=O)O[C@H]1[C@H](OC(C)=O)[C@]2(CO)CC[C@]3(C)C(=CC[C@@H]4[C@@]5(C)CC[C@H](O[C@@H]6O[C@H](C(=O)O)[C@@H](O[C@@H]7O[C@H](CO)[C@@H](O)[C@H](O)[C@H]7O)[C@H](O)[C@H]6O[C@@H]6O[C@H](CO)[C@@H](O)[C@H](O)[C@H]6O)[C@](C)(CO)[C@@H]5CC[C@]43C)[C@@H]2CC1(C)C. The number of aliphatic hydroxyl groups is 11. The van der Waals surface area contributed by atoms with Crippen molar-refractivity contribution in [3.8, 4) is 0 Å². The van der Waals surface area contributed by atoms with Crippen molar-refractivity contribution in [3.63, 3.8) is 0 Å². The molecule has 0 bridgehead atoms. The highest BCUT2D eigenvalue weighted by atomic mass is 16.8. The van der Waals surface area contributed by atoms with Gasteiger partial charge in [-0.2, -0.15) is 0 Å². The summed E-state index contributed by atoms with van der Waals surface area (Å²) in [6.45, 7) is 15.1. The highest BCUT2D eigenvalue weighted by molar-refractivity contribution is 5.87. The molecule has 0 spiro atoms. The van der Waals surface area contributed by atoms with Crippen LogP contribution in [-0.4, -0.2) is 216 Å². The molecule has 0 unspecified atom stereocenters. The Kier molecular flexibility index (Phi) is 17.6. The van der Waals surface area contributed by atoms with Crippen molar-refractivity contribution in [3.05, 3.63) is 23.3 Å². The summed E-state index contributed by atoms with van der Waals surface area (Å²) >= 11 is 0. The summed E-state index contributed by atoms with van der Waals surface area (Å²) in [5, 5.41) is 130. The quantitative estimate of drug-likeness (QED) is 0.0460. The molecule has 23 nitrogen and oxygen atoms in total. The standard InChI is InChI=1S/C55H86O23/c1-10-24(2)46(70)78-43-44(71-25(3)60)55(23-59)18-17-53(8)26(27(55)19-50(43,4)5)11-12-31-51(6)15-14-32(52(7,22-58)30(51)13-16-54(31,53)9)74-49-41(76-48-38(66)36(64)34(62)29(21-57)73-48)39(67)40(42(77-49)45(68)69)75-47-37(65)35(63)33(61)28(20-56)72-47/h10-11,27-44,47-49,56-59,61-67H,12-23H2,1-9H3,(H,68,69)/b24-10+/t27-,28+,29+,30+,31+,32-,33+,34+,35-,36-,37+,38+,39-,40-,41+,42-,43-,44-,47-,48-,49+,51-,52+,53+,54+,55-/m0/s1. The van der Waals surface area contributed by atoms with E-state index in [2.05, 4.69) is 26.8 Å². The molecule has 0 radical (unpaired) electrons. The van der Waals surface area contributed by atoms with Crippen molar-refractivity contribution in [2.45, 2.75) is 224 Å². The van der Waals surface area contributed by atoms with Crippen molar-refractivity contribution in [1.29, 1.82) is 0 Å². The van der Waals surface area contributed by atoms with Crippen LogP contribution in [0.4, 0.5) is 0 Å². The van der Waals surface area contributed by atoms with Crippen molar-refractivity contribution in [1.82, 2.24) is 0 Å². The van der Waals surface area contributed by atoms with Gasteiger partial charge in [-0.15, -0.1) is 0 Å². The van der Waals surface area contributed by atoms with Gasteiger partial charge in [-0.1, -0.05) is 59.3 Å². The van der Waals surface area contributed by atoms with Crippen molar-refractivity contribution in [2.24, 2.45) is 50.2 Å². The number of ether oxygens (including phenoxy) is 8. The predicted octanol–water partition coefficient (Wildman–Crippen LogP) is -0.292. The van der Waals surface area contributed by atoms with E-state index in [1.807, 2.05) is 20.8 Å². The topological polar surface area (TPSA) is 368 Å². The van der Waals surface area contributed by atoms with E-state index in [1.165, 1.54) is 12.5 Å². The second-order valence-corrected chi connectivity index (χ2v) is 25.4. The predicted molar refractivity (Wildman–Crippen MR) is 268 cm³/mol. The third-order valence-corrected chi connectivity index (χ3v) is 21.0. The van der Waals surface area contributed by atoms with Crippen LogP contribution in [0.3, 0.4) is 0 Å². The first-order chi connectivity index (χ1) is 36.5. The number of aliphatic carboxylic acids is 1. The first kappa shape index (κ1) is 61.3. The molecule has 8 aliphatic rings. The third kappa shape index (κ3) is 9.82. The van der Waals surface area contributed by atoms with Gasteiger partial charge in [-0.3, -0.25) is 4.79 Å². The van der Waals surface area contributed by atoms with Crippen LogP contribution in [0.2, 0.25) is 0 Å². The summed E-state index contributed by atoms with van der Waals surface area (Å²) in [5.41, 5.74) is -2.34. The summed E-state index contributed by atoms with van der Waals surface area (Å²) in [7, 11) is 0. The molecule has 23 heteroatoms. The van der Waals surface area contributed by atoms with E-state index < -0.39 is 175 Å². The van der Waals surface area contributed by atoms with Gasteiger partial charge in [-0.05, 0) is 99.2 Å². The zero-order valence-electron chi connectivity index (χ0n) is 46.1. The van der Waals surface area contributed by atoms with Crippen LogP contribution in [0.15, 0.2) is 23.3 Å².